The van der Waals surface area contributed by atoms with Gasteiger partial charge in [0.1, 0.15) is 23.6 Å². The van der Waals surface area contributed by atoms with E-state index in [1.165, 1.54) is 0 Å². The number of carbonyl (C=O) groups is 1. The molecule has 0 radical (unpaired) electrons. The van der Waals surface area contributed by atoms with Gasteiger partial charge in [-0.05, 0) is 42.5 Å². The summed E-state index contributed by atoms with van der Waals surface area (Å²) in [6.45, 7) is 4.68. The Hall–Kier alpha value is -3.51. The number of hydrogen-bond acceptors (Lipinski definition) is 5. The van der Waals surface area contributed by atoms with Crippen molar-refractivity contribution in [1.29, 1.82) is 10.5 Å². The number of benzene rings is 2. The zero-order chi connectivity index (χ0) is 18.5. The van der Waals surface area contributed by atoms with Gasteiger partial charge in [-0.1, -0.05) is 0 Å². The maximum Gasteiger partial charge on any atom is 0.219 e. The first-order chi connectivity index (χ1) is 12.6. The van der Waals surface area contributed by atoms with Crippen molar-refractivity contribution in [3.63, 3.8) is 0 Å². The number of rotatable bonds is 3. The molecule has 2 aromatic rings. The maximum atomic E-state index is 11.4. The zero-order valence-corrected chi connectivity index (χ0v) is 14.5. The van der Waals surface area contributed by atoms with Crippen LogP contribution in [-0.2, 0) is 4.79 Å². The number of nitrogens with zero attached hydrogens (tertiary/aromatic N) is 4. The van der Waals surface area contributed by atoms with Crippen LogP contribution in [-0.4, -0.2) is 37.0 Å². The Morgan fingerprint density at radius 1 is 0.923 bits per heavy atom. The third kappa shape index (κ3) is 3.76. The average Bonchev–Trinajstić information content (AvgIpc) is 2.68. The highest BCUT2D eigenvalue weighted by atomic mass is 16.5. The monoisotopic (exact) mass is 346 g/mol. The van der Waals surface area contributed by atoms with Gasteiger partial charge >= 0.3 is 0 Å². The minimum Gasteiger partial charge on any atom is -0.457 e. The maximum absolute atomic E-state index is 11.4. The molecule has 1 saturated heterocycles. The molecule has 0 atom stereocenters. The van der Waals surface area contributed by atoms with Crippen LogP contribution in [0.1, 0.15) is 18.1 Å². The van der Waals surface area contributed by atoms with Crippen LogP contribution in [0.3, 0.4) is 0 Å². The molecule has 1 aliphatic rings. The van der Waals surface area contributed by atoms with Crippen molar-refractivity contribution >= 4 is 11.6 Å². The summed E-state index contributed by atoms with van der Waals surface area (Å²) in [5, 5.41) is 18.0. The summed E-state index contributed by atoms with van der Waals surface area (Å²) >= 11 is 0. The molecule has 0 spiro atoms. The molecule has 2 aromatic carbocycles. The Labute approximate surface area is 152 Å². The molecule has 0 aliphatic carbocycles. The van der Waals surface area contributed by atoms with Gasteiger partial charge in [0.25, 0.3) is 0 Å². The minimum atomic E-state index is 0.118. The first-order valence-electron chi connectivity index (χ1n) is 8.33. The van der Waals surface area contributed by atoms with Crippen LogP contribution in [0.15, 0.2) is 42.5 Å². The van der Waals surface area contributed by atoms with E-state index in [4.69, 9.17) is 15.3 Å². The van der Waals surface area contributed by atoms with Gasteiger partial charge in [0.05, 0.1) is 11.1 Å². The van der Waals surface area contributed by atoms with Crippen molar-refractivity contribution in [2.75, 3.05) is 31.1 Å². The van der Waals surface area contributed by atoms with E-state index in [1.807, 2.05) is 41.3 Å². The van der Waals surface area contributed by atoms with Gasteiger partial charge in [0, 0.05) is 38.8 Å². The summed E-state index contributed by atoms with van der Waals surface area (Å²) in [5.74, 6) is 1.29. The molecule has 0 saturated carbocycles. The lowest BCUT2D eigenvalue weighted by molar-refractivity contribution is -0.129. The lowest BCUT2D eigenvalue weighted by atomic mass is 10.1. The molecule has 1 aliphatic heterocycles. The predicted octanol–water partition coefficient (Wildman–Crippen LogP) is 2.89. The molecular weight excluding hydrogens is 328 g/mol. The summed E-state index contributed by atoms with van der Waals surface area (Å²) < 4.78 is 5.78. The molecule has 0 N–H and O–H groups in total. The first kappa shape index (κ1) is 17.3. The number of hydrogen-bond donors (Lipinski definition) is 0. The van der Waals surface area contributed by atoms with E-state index in [-0.39, 0.29) is 5.91 Å². The van der Waals surface area contributed by atoms with Crippen molar-refractivity contribution in [3.05, 3.63) is 53.6 Å². The highest BCUT2D eigenvalue weighted by Gasteiger charge is 2.18. The number of nitriles is 2. The van der Waals surface area contributed by atoms with E-state index < -0.39 is 0 Å². The van der Waals surface area contributed by atoms with Crippen LogP contribution < -0.4 is 9.64 Å². The molecule has 6 heteroatoms. The quantitative estimate of drug-likeness (QED) is 0.854. The van der Waals surface area contributed by atoms with Crippen LogP contribution in [0, 0.1) is 22.7 Å². The smallest absolute Gasteiger partial charge is 0.219 e. The van der Waals surface area contributed by atoms with Crippen molar-refractivity contribution in [3.8, 4) is 23.6 Å². The topological polar surface area (TPSA) is 80.4 Å². The molecule has 1 fully saturated rings. The van der Waals surface area contributed by atoms with Gasteiger partial charge in [-0.2, -0.15) is 10.5 Å². The third-order valence-electron chi connectivity index (χ3n) is 4.39. The number of amides is 1. The second-order valence-electron chi connectivity index (χ2n) is 6.02. The highest BCUT2D eigenvalue weighted by molar-refractivity contribution is 5.73. The molecule has 0 unspecified atom stereocenters. The number of piperazine rings is 1. The third-order valence-corrected chi connectivity index (χ3v) is 4.39. The second kappa shape index (κ2) is 7.58. The average molecular weight is 346 g/mol. The Balaban J connectivity index is 1.66. The Morgan fingerprint density at radius 2 is 1.54 bits per heavy atom. The number of anilines is 1. The molecule has 3 rings (SSSR count). The van der Waals surface area contributed by atoms with Crippen LogP contribution in [0.4, 0.5) is 5.69 Å². The number of ether oxygens (including phenoxy) is 1. The SMILES string of the molecule is CC(=O)N1CCN(c2ccc(Oc3ccc(C#N)c(C#N)c3)cc2)CC1. The molecule has 1 amide bonds. The van der Waals surface area contributed by atoms with Gasteiger partial charge in [-0.15, -0.1) is 0 Å². The standard InChI is InChI=1S/C20H18N4O2/c1-15(25)23-8-10-24(11-9-23)18-3-6-19(7-4-18)26-20-5-2-16(13-21)17(12-20)14-22/h2-7,12H,8-11H2,1H3. The Bertz CT molecular complexity index is 886. The normalized spacial score (nSPS) is 13.7. The van der Waals surface area contributed by atoms with E-state index in [9.17, 15) is 4.79 Å². The second-order valence-corrected chi connectivity index (χ2v) is 6.02. The van der Waals surface area contributed by atoms with Crippen molar-refractivity contribution in [1.82, 2.24) is 4.90 Å². The van der Waals surface area contributed by atoms with Crippen LogP contribution in [0.25, 0.3) is 0 Å². The van der Waals surface area contributed by atoms with Crippen LogP contribution >= 0.6 is 0 Å². The van der Waals surface area contributed by atoms with E-state index in [1.54, 1.807) is 25.1 Å². The van der Waals surface area contributed by atoms with Crippen molar-refractivity contribution in [2.24, 2.45) is 0 Å². The van der Waals surface area contributed by atoms with Crippen LogP contribution in [0.2, 0.25) is 0 Å². The van der Waals surface area contributed by atoms with Crippen molar-refractivity contribution < 1.29 is 9.53 Å². The fourth-order valence-corrected chi connectivity index (χ4v) is 2.92. The van der Waals surface area contributed by atoms with Crippen LogP contribution in [0.5, 0.6) is 11.5 Å². The minimum absolute atomic E-state index is 0.118. The summed E-state index contributed by atoms with van der Waals surface area (Å²) in [6.07, 6.45) is 0. The summed E-state index contributed by atoms with van der Waals surface area (Å²) in [5.41, 5.74) is 1.71. The van der Waals surface area contributed by atoms with Crippen molar-refractivity contribution in [2.45, 2.75) is 6.92 Å². The fourth-order valence-electron chi connectivity index (χ4n) is 2.92. The lowest BCUT2D eigenvalue weighted by Crippen LogP contribution is -2.48. The summed E-state index contributed by atoms with van der Waals surface area (Å²) in [6, 6.07) is 16.5. The van der Waals surface area contributed by atoms with E-state index in [0.29, 0.717) is 22.6 Å². The first-order valence-corrected chi connectivity index (χ1v) is 8.33. The Morgan fingerprint density at radius 3 is 2.12 bits per heavy atom. The molecule has 26 heavy (non-hydrogen) atoms. The molecular formula is C20H18N4O2. The largest absolute Gasteiger partial charge is 0.457 e. The molecule has 0 bridgehead atoms. The van der Waals surface area contributed by atoms with Gasteiger partial charge in [0.15, 0.2) is 0 Å². The predicted molar refractivity (Wildman–Crippen MR) is 96.9 cm³/mol. The lowest BCUT2D eigenvalue weighted by Gasteiger charge is -2.35. The summed E-state index contributed by atoms with van der Waals surface area (Å²) in [4.78, 5) is 15.5. The Kier molecular flexibility index (Phi) is 5.05. The summed E-state index contributed by atoms with van der Waals surface area (Å²) in [7, 11) is 0. The van der Waals surface area contributed by atoms with Gasteiger partial charge in [-0.3, -0.25) is 4.79 Å². The fraction of sp³-hybridized carbons (Fsp3) is 0.250. The van der Waals surface area contributed by atoms with Gasteiger partial charge in [0.2, 0.25) is 5.91 Å². The van der Waals surface area contributed by atoms with Gasteiger partial charge in [-0.25, -0.2) is 0 Å². The molecule has 1 heterocycles. The molecule has 0 aromatic heterocycles. The zero-order valence-electron chi connectivity index (χ0n) is 14.5. The van der Waals surface area contributed by atoms with E-state index in [2.05, 4.69) is 4.90 Å². The number of carbonyl (C=O) groups excluding carboxylic acids is 1. The molecule has 130 valence electrons. The highest BCUT2D eigenvalue weighted by Crippen LogP contribution is 2.26. The van der Waals surface area contributed by atoms with E-state index in [0.717, 1.165) is 31.9 Å². The molecule has 6 nitrogen and oxygen atoms in total. The van der Waals surface area contributed by atoms with E-state index >= 15 is 0 Å². The van der Waals surface area contributed by atoms with Gasteiger partial charge < -0.3 is 14.5 Å².